The normalized spacial score (nSPS) is 12.6. The fraction of sp³-hybridized carbons (Fsp3) is 0.235. The number of halogens is 1. The monoisotopic (exact) mass is 367 g/mol. The number of carbonyl (C=O) groups excluding carboxylic acids is 1. The second-order valence-electron chi connectivity index (χ2n) is 5.15. The topological polar surface area (TPSA) is 72.5 Å². The van der Waals surface area contributed by atoms with Gasteiger partial charge in [-0.2, -0.15) is 0 Å². The van der Waals surface area contributed by atoms with E-state index in [1.54, 1.807) is 24.3 Å². The molecule has 0 heterocycles. The van der Waals surface area contributed by atoms with E-state index >= 15 is 0 Å². The van der Waals surface area contributed by atoms with Gasteiger partial charge in [0.15, 0.2) is 0 Å². The molecule has 1 atom stereocenters. The van der Waals surface area contributed by atoms with Crippen molar-refractivity contribution < 1.29 is 17.9 Å². The van der Waals surface area contributed by atoms with E-state index in [1.807, 2.05) is 6.92 Å². The Morgan fingerprint density at radius 1 is 1.21 bits per heavy atom. The van der Waals surface area contributed by atoms with Crippen LogP contribution in [0.5, 0.6) is 0 Å². The van der Waals surface area contributed by atoms with Crippen LogP contribution in [0.4, 0.5) is 0 Å². The number of hydrogen-bond donors (Lipinski definition) is 1. The fourth-order valence-corrected chi connectivity index (χ4v) is 3.72. The molecule has 1 N–H and O–H groups in total. The quantitative estimate of drug-likeness (QED) is 0.792. The highest BCUT2D eigenvalue weighted by molar-refractivity contribution is 7.89. The number of sulfonamides is 1. The maximum absolute atomic E-state index is 12.6. The van der Waals surface area contributed by atoms with Crippen LogP contribution in [-0.2, 0) is 14.8 Å². The minimum atomic E-state index is -3.78. The van der Waals surface area contributed by atoms with Gasteiger partial charge in [-0.05, 0) is 42.3 Å². The molecular formula is C17H18ClNO4S. The summed E-state index contributed by atoms with van der Waals surface area (Å²) >= 11 is 5.87. The molecule has 2 aromatic rings. The van der Waals surface area contributed by atoms with Crippen molar-refractivity contribution in [2.24, 2.45) is 0 Å². The van der Waals surface area contributed by atoms with Crippen molar-refractivity contribution in [2.75, 3.05) is 7.11 Å². The molecule has 0 amide bonds. The van der Waals surface area contributed by atoms with E-state index in [-0.39, 0.29) is 10.5 Å². The molecule has 24 heavy (non-hydrogen) atoms. The lowest BCUT2D eigenvalue weighted by Crippen LogP contribution is -2.28. The van der Waals surface area contributed by atoms with Crippen molar-refractivity contribution in [2.45, 2.75) is 24.3 Å². The first kappa shape index (κ1) is 18.4. The summed E-state index contributed by atoms with van der Waals surface area (Å²) in [5.74, 6) is -0.586. The van der Waals surface area contributed by atoms with Crippen molar-refractivity contribution >= 4 is 27.6 Å². The molecule has 0 saturated heterocycles. The molecule has 0 aliphatic rings. The highest BCUT2D eigenvalue weighted by Gasteiger charge is 2.21. The molecular weight excluding hydrogens is 350 g/mol. The van der Waals surface area contributed by atoms with Crippen molar-refractivity contribution in [3.05, 3.63) is 64.7 Å². The van der Waals surface area contributed by atoms with E-state index in [4.69, 9.17) is 11.6 Å². The van der Waals surface area contributed by atoms with Crippen LogP contribution in [-0.4, -0.2) is 21.5 Å². The van der Waals surface area contributed by atoms with Gasteiger partial charge in [0.2, 0.25) is 10.0 Å². The summed E-state index contributed by atoms with van der Waals surface area (Å²) in [4.78, 5) is 11.6. The molecule has 7 heteroatoms. The zero-order valence-corrected chi connectivity index (χ0v) is 14.9. The molecule has 0 spiro atoms. The van der Waals surface area contributed by atoms with Gasteiger partial charge in [-0.1, -0.05) is 36.7 Å². The van der Waals surface area contributed by atoms with Crippen LogP contribution in [0.25, 0.3) is 0 Å². The lowest BCUT2D eigenvalue weighted by Gasteiger charge is -2.18. The molecule has 0 unspecified atom stereocenters. The third-order valence-electron chi connectivity index (χ3n) is 3.54. The third-order valence-corrected chi connectivity index (χ3v) is 5.26. The zero-order valence-electron chi connectivity index (χ0n) is 13.3. The Labute approximate surface area is 146 Å². The van der Waals surface area contributed by atoms with Gasteiger partial charge in [-0.15, -0.1) is 0 Å². The maximum atomic E-state index is 12.6. The molecule has 128 valence electrons. The Bertz CT molecular complexity index is 819. The van der Waals surface area contributed by atoms with Gasteiger partial charge in [0.1, 0.15) is 0 Å². The summed E-state index contributed by atoms with van der Waals surface area (Å²) in [6, 6.07) is 12.3. The number of esters is 1. The highest BCUT2D eigenvalue weighted by Crippen LogP contribution is 2.22. The molecule has 0 bridgehead atoms. The SMILES string of the molecule is CC[C@@H](NS(=O)(=O)c1cccc(C(=O)OC)c1)c1ccc(Cl)cc1. The predicted octanol–water partition coefficient (Wildman–Crippen LogP) is 3.56. The second-order valence-corrected chi connectivity index (χ2v) is 7.30. The first-order valence-corrected chi connectivity index (χ1v) is 9.19. The van der Waals surface area contributed by atoms with Crippen LogP contribution in [0.1, 0.15) is 35.3 Å². The second kappa shape index (κ2) is 7.79. The molecule has 0 aliphatic heterocycles. The highest BCUT2D eigenvalue weighted by atomic mass is 35.5. The van der Waals surface area contributed by atoms with Crippen molar-refractivity contribution in [3.8, 4) is 0 Å². The zero-order chi connectivity index (χ0) is 17.7. The third kappa shape index (κ3) is 4.35. The first-order valence-electron chi connectivity index (χ1n) is 7.33. The van der Waals surface area contributed by atoms with Gasteiger partial charge >= 0.3 is 5.97 Å². The summed E-state index contributed by atoms with van der Waals surface area (Å²) < 4.78 is 32.5. The summed E-state index contributed by atoms with van der Waals surface area (Å²) in [5.41, 5.74) is 0.995. The Balaban J connectivity index is 2.29. The molecule has 2 aromatic carbocycles. The van der Waals surface area contributed by atoms with E-state index < -0.39 is 22.0 Å². The van der Waals surface area contributed by atoms with Crippen molar-refractivity contribution in [1.82, 2.24) is 4.72 Å². The van der Waals surface area contributed by atoms with Crippen LogP contribution in [0, 0.1) is 0 Å². The molecule has 0 radical (unpaired) electrons. The lowest BCUT2D eigenvalue weighted by molar-refractivity contribution is 0.0600. The summed E-state index contributed by atoms with van der Waals surface area (Å²) in [5, 5.41) is 0.585. The predicted molar refractivity (Wildman–Crippen MR) is 92.6 cm³/mol. The first-order chi connectivity index (χ1) is 11.4. The van der Waals surface area contributed by atoms with E-state index in [9.17, 15) is 13.2 Å². The minimum Gasteiger partial charge on any atom is -0.465 e. The molecule has 5 nitrogen and oxygen atoms in total. The van der Waals surface area contributed by atoms with Gasteiger partial charge in [0.05, 0.1) is 17.6 Å². The van der Waals surface area contributed by atoms with Crippen LogP contribution in [0.2, 0.25) is 5.02 Å². The maximum Gasteiger partial charge on any atom is 0.337 e. The number of carbonyl (C=O) groups is 1. The number of hydrogen-bond acceptors (Lipinski definition) is 4. The van der Waals surface area contributed by atoms with Crippen LogP contribution in [0.3, 0.4) is 0 Å². The number of ether oxygens (including phenoxy) is 1. The molecule has 0 aromatic heterocycles. The smallest absolute Gasteiger partial charge is 0.337 e. The largest absolute Gasteiger partial charge is 0.465 e. The summed E-state index contributed by atoms with van der Waals surface area (Å²) in [6.45, 7) is 1.88. The van der Waals surface area contributed by atoms with E-state index in [1.165, 1.54) is 31.4 Å². The van der Waals surface area contributed by atoms with Crippen molar-refractivity contribution in [3.63, 3.8) is 0 Å². The molecule has 0 aliphatic carbocycles. The fourth-order valence-electron chi connectivity index (χ4n) is 2.25. The number of rotatable bonds is 6. The van der Waals surface area contributed by atoms with Crippen molar-refractivity contribution in [1.29, 1.82) is 0 Å². The lowest BCUT2D eigenvalue weighted by atomic mass is 10.1. The summed E-state index contributed by atoms with van der Waals surface area (Å²) in [7, 11) is -2.54. The molecule has 0 fully saturated rings. The number of methoxy groups -OCH3 is 1. The van der Waals surface area contributed by atoms with Gasteiger partial charge < -0.3 is 4.74 Å². The average Bonchev–Trinajstić information content (AvgIpc) is 2.60. The number of nitrogens with one attached hydrogen (secondary N) is 1. The van der Waals surface area contributed by atoms with E-state index in [2.05, 4.69) is 9.46 Å². The van der Waals surface area contributed by atoms with Gasteiger partial charge in [-0.3, -0.25) is 0 Å². The van der Waals surface area contributed by atoms with Crippen LogP contribution >= 0.6 is 11.6 Å². The average molecular weight is 368 g/mol. The Morgan fingerprint density at radius 3 is 2.46 bits per heavy atom. The van der Waals surface area contributed by atoms with Gasteiger partial charge in [0, 0.05) is 11.1 Å². The van der Waals surface area contributed by atoms with Gasteiger partial charge in [-0.25, -0.2) is 17.9 Å². The van der Waals surface area contributed by atoms with Crippen LogP contribution < -0.4 is 4.72 Å². The van der Waals surface area contributed by atoms with E-state index in [0.717, 1.165) is 5.56 Å². The Kier molecular flexibility index (Phi) is 5.99. The van der Waals surface area contributed by atoms with Gasteiger partial charge in [0.25, 0.3) is 0 Å². The Hall–Kier alpha value is -1.89. The van der Waals surface area contributed by atoms with E-state index in [0.29, 0.717) is 11.4 Å². The molecule has 0 saturated carbocycles. The minimum absolute atomic E-state index is 0.0119. The number of benzene rings is 2. The standard InChI is InChI=1S/C17H18ClNO4S/c1-3-16(12-7-9-14(18)10-8-12)19-24(21,22)15-6-4-5-13(11-15)17(20)23-2/h4-11,16,19H,3H2,1-2H3/t16-/m1/s1. The van der Waals surface area contributed by atoms with Crippen LogP contribution in [0.15, 0.2) is 53.4 Å². The summed E-state index contributed by atoms with van der Waals surface area (Å²) in [6.07, 6.45) is 0.567. The molecule has 2 rings (SSSR count). The Morgan fingerprint density at radius 2 is 1.88 bits per heavy atom.